The van der Waals surface area contributed by atoms with Crippen LogP contribution in [0.1, 0.15) is 0 Å². The van der Waals surface area contributed by atoms with Crippen LogP contribution in [0, 0.1) is 5.82 Å². The molecule has 0 radical (unpaired) electrons. The molecule has 1 aromatic carbocycles. The number of hydrogen-bond acceptors (Lipinski definition) is 7. The fourth-order valence-electron chi connectivity index (χ4n) is 1.75. The summed E-state index contributed by atoms with van der Waals surface area (Å²) in [6, 6.07) is -0.357. The molecule has 0 unspecified atom stereocenters. The molecule has 0 saturated carbocycles. The maximum absolute atomic E-state index is 13.9. The van der Waals surface area contributed by atoms with Gasteiger partial charge in [-0.15, -0.1) is 0 Å². The molecule has 0 N–H and O–H groups in total. The van der Waals surface area contributed by atoms with E-state index < -0.39 is 73.8 Å². The standard InChI is InChI=1S/C11H7F9O7S3.Li/c1-28(21,22)5-2-3-6(12)7(4-5)29(23,24)10(17,18)8(13,14)9(15,16)11(19,20)30(25,26)27;/h2-4H,1H3,(H,25,26,27);/q;+1/p-1. The van der Waals surface area contributed by atoms with Crippen LogP contribution in [-0.4, -0.2) is 58.4 Å². The Labute approximate surface area is 180 Å². The van der Waals surface area contributed by atoms with E-state index in [1.165, 1.54) is 0 Å². The van der Waals surface area contributed by atoms with Gasteiger partial charge >= 0.3 is 41.2 Å². The third-order valence-corrected chi connectivity index (χ3v) is 7.22. The number of sulfone groups is 2. The van der Waals surface area contributed by atoms with E-state index in [2.05, 4.69) is 0 Å². The summed E-state index contributed by atoms with van der Waals surface area (Å²) in [5.74, 6) is -18.0. The third-order valence-electron chi connectivity index (χ3n) is 3.40. The number of benzene rings is 1. The van der Waals surface area contributed by atoms with Crippen LogP contribution in [0.4, 0.5) is 39.5 Å². The van der Waals surface area contributed by atoms with E-state index in [9.17, 15) is 69.3 Å². The first-order valence-electron chi connectivity index (χ1n) is 6.58. The van der Waals surface area contributed by atoms with Crippen molar-refractivity contribution < 1.29 is 88.2 Å². The third kappa shape index (κ3) is 4.44. The smallest absolute Gasteiger partial charge is 0.743 e. The molecule has 20 heteroatoms. The van der Waals surface area contributed by atoms with Gasteiger partial charge in [0.05, 0.1) is 4.90 Å². The largest absolute Gasteiger partial charge is 1.00 e. The number of halogens is 9. The minimum atomic E-state index is -7.82. The Morgan fingerprint density at radius 2 is 1.16 bits per heavy atom. The van der Waals surface area contributed by atoms with E-state index >= 15 is 0 Å². The van der Waals surface area contributed by atoms with Crippen molar-refractivity contribution in [1.29, 1.82) is 0 Å². The van der Waals surface area contributed by atoms with E-state index in [0.717, 1.165) is 0 Å². The van der Waals surface area contributed by atoms with Crippen LogP contribution in [0.2, 0.25) is 0 Å². The molecule has 0 aromatic heterocycles. The molecule has 1 rings (SSSR count). The van der Waals surface area contributed by atoms with E-state index in [0.29, 0.717) is 6.26 Å². The molecular formula is C11H6F9LiO7S3. The second-order valence-corrected chi connectivity index (χ2v) is 10.9. The summed E-state index contributed by atoms with van der Waals surface area (Å²) in [6.45, 7) is 0. The monoisotopic (exact) mass is 524 g/mol. The van der Waals surface area contributed by atoms with Gasteiger partial charge < -0.3 is 4.55 Å². The van der Waals surface area contributed by atoms with Gasteiger partial charge in [0.1, 0.15) is 10.7 Å². The molecule has 0 aliphatic rings. The molecule has 0 bridgehead atoms. The average molecular weight is 524 g/mol. The van der Waals surface area contributed by atoms with Gasteiger partial charge in [-0.1, -0.05) is 0 Å². The van der Waals surface area contributed by atoms with Crippen molar-refractivity contribution in [3.05, 3.63) is 24.0 Å². The molecule has 0 aliphatic heterocycles. The summed E-state index contributed by atoms with van der Waals surface area (Å²) in [4.78, 5) is -3.89. The first-order valence-corrected chi connectivity index (χ1v) is 11.4. The molecule has 1 aromatic rings. The molecule has 0 atom stereocenters. The quantitative estimate of drug-likeness (QED) is 0.194. The Bertz CT molecular complexity index is 1180. The van der Waals surface area contributed by atoms with Crippen molar-refractivity contribution in [2.24, 2.45) is 0 Å². The Balaban J connectivity index is 0.00000900. The second kappa shape index (κ2) is 8.09. The summed E-state index contributed by atoms with van der Waals surface area (Å²) < 4.78 is 198. The van der Waals surface area contributed by atoms with Crippen molar-refractivity contribution >= 4 is 29.8 Å². The van der Waals surface area contributed by atoms with Gasteiger partial charge in [0, 0.05) is 6.26 Å². The van der Waals surface area contributed by atoms with Gasteiger partial charge in [-0.3, -0.25) is 0 Å². The van der Waals surface area contributed by atoms with Crippen LogP contribution in [-0.2, 0) is 29.8 Å². The van der Waals surface area contributed by atoms with Crippen molar-refractivity contribution in [2.75, 3.05) is 6.26 Å². The van der Waals surface area contributed by atoms with Gasteiger partial charge in [0.25, 0.3) is 9.84 Å². The van der Waals surface area contributed by atoms with Crippen molar-refractivity contribution in [3.8, 4) is 0 Å². The Morgan fingerprint density at radius 1 is 0.774 bits per heavy atom. The van der Waals surface area contributed by atoms with Crippen LogP contribution in [0.25, 0.3) is 0 Å². The van der Waals surface area contributed by atoms with Gasteiger partial charge in [-0.2, -0.15) is 35.1 Å². The predicted molar refractivity (Wildman–Crippen MR) is 76.2 cm³/mol. The predicted octanol–water partition coefficient (Wildman–Crippen LogP) is -0.992. The van der Waals surface area contributed by atoms with Gasteiger partial charge in [0.2, 0.25) is 0 Å². The maximum atomic E-state index is 13.9. The normalized spacial score (nSPS) is 14.8. The Hall–Kier alpha value is -1.00. The minimum absolute atomic E-state index is 0. The molecule has 0 amide bonds. The summed E-state index contributed by atoms with van der Waals surface area (Å²) in [5.41, 5.74) is 0. The number of alkyl halides is 8. The second-order valence-electron chi connectivity index (χ2n) is 5.50. The first-order chi connectivity index (χ1) is 12.9. The fourth-order valence-corrected chi connectivity index (χ4v) is 4.26. The van der Waals surface area contributed by atoms with Crippen molar-refractivity contribution in [2.45, 2.75) is 32.1 Å². The SMILES string of the molecule is CS(=O)(=O)c1ccc(F)c(S(=O)(=O)C(F)(F)C(F)(F)C(F)(F)C(F)(F)S(=O)(=O)[O-])c1.[Li+]. The summed E-state index contributed by atoms with van der Waals surface area (Å²) in [6.07, 6.45) is 0.317. The molecule has 0 fully saturated rings. The molecule has 0 aliphatic carbocycles. The average Bonchev–Trinajstić information content (AvgIpc) is 2.52. The van der Waals surface area contributed by atoms with Crippen LogP contribution >= 0.6 is 0 Å². The van der Waals surface area contributed by atoms with Crippen LogP contribution in [0.15, 0.2) is 28.0 Å². The van der Waals surface area contributed by atoms with Crippen LogP contribution in [0.3, 0.4) is 0 Å². The van der Waals surface area contributed by atoms with E-state index in [-0.39, 0.29) is 31.0 Å². The topological polar surface area (TPSA) is 125 Å². The van der Waals surface area contributed by atoms with Crippen LogP contribution < -0.4 is 18.9 Å². The van der Waals surface area contributed by atoms with Crippen molar-refractivity contribution in [1.82, 2.24) is 0 Å². The van der Waals surface area contributed by atoms with Crippen molar-refractivity contribution in [3.63, 3.8) is 0 Å². The minimum Gasteiger partial charge on any atom is -0.743 e. The first kappa shape index (κ1) is 30.0. The van der Waals surface area contributed by atoms with E-state index in [4.69, 9.17) is 0 Å². The summed E-state index contributed by atoms with van der Waals surface area (Å²) in [7, 11) is -19.7. The zero-order valence-corrected chi connectivity index (χ0v) is 17.2. The molecule has 31 heavy (non-hydrogen) atoms. The van der Waals surface area contributed by atoms with E-state index in [1.807, 2.05) is 0 Å². The zero-order chi connectivity index (χ0) is 24.4. The van der Waals surface area contributed by atoms with Crippen LogP contribution in [0.5, 0.6) is 0 Å². The van der Waals surface area contributed by atoms with E-state index in [1.54, 1.807) is 0 Å². The number of rotatable bonds is 7. The van der Waals surface area contributed by atoms with Gasteiger partial charge in [-0.25, -0.2) is 29.6 Å². The molecule has 174 valence electrons. The fraction of sp³-hybridized carbons (Fsp3) is 0.455. The molecular weight excluding hydrogens is 518 g/mol. The Morgan fingerprint density at radius 3 is 1.52 bits per heavy atom. The summed E-state index contributed by atoms with van der Waals surface area (Å²) in [5, 5.41) is -14.8. The van der Waals surface area contributed by atoms with Gasteiger partial charge in [-0.05, 0) is 18.2 Å². The molecule has 0 heterocycles. The summed E-state index contributed by atoms with van der Waals surface area (Å²) >= 11 is 0. The maximum Gasteiger partial charge on any atom is 1.00 e. The van der Waals surface area contributed by atoms with Gasteiger partial charge in [0.15, 0.2) is 20.0 Å². The zero-order valence-electron chi connectivity index (χ0n) is 14.7. The Kier molecular flexibility index (Phi) is 7.83. The number of hydrogen-bond donors (Lipinski definition) is 0. The molecule has 0 spiro atoms. The molecule has 7 nitrogen and oxygen atoms in total. The molecule has 0 saturated heterocycles.